The lowest BCUT2D eigenvalue weighted by Gasteiger charge is -2.11. The summed E-state index contributed by atoms with van der Waals surface area (Å²) in [5.74, 6) is 0. The van der Waals surface area contributed by atoms with Crippen LogP contribution in [0.5, 0.6) is 0 Å². The fourth-order valence-electron chi connectivity index (χ4n) is 2.30. The Morgan fingerprint density at radius 1 is 1.30 bits per heavy atom. The van der Waals surface area contributed by atoms with Crippen molar-refractivity contribution in [2.24, 2.45) is 5.73 Å². The van der Waals surface area contributed by atoms with Gasteiger partial charge < -0.3 is 5.73 Å². The van der Waals surface area contributed by atoms with Crippen molar-refractivity contribution in [2.75, 3.05) is 0 Å². The Morgan fingerprint density at radius 3 is 3.05 bits per heavy atom. The Morgan fingerprint density at radius 2 is 2.20 bits per heavy atom. The molecule has 1 atom stereocenters. The zero-order valence-electron chi connectivity index (χ0n) is 11.3. The second-order valence-corrected chi connectivity index (χ2v) is 5.55. The molecule has 102 valence electrons. The second-order valence-electron chi connectivity index (χ2n) is 4.77. The topological polar surface area (TPSA) is 64.7 Å². The number of benzene rings is 1. The van der Waals surface area contributed by atoms with E-state index in [2.05, 4.69) is 33.6 Å². The molecule has 1 unspecified atom stereocenters. The summed E-state index contributed by atoms with van der Waals surface area (Å²) in [6.07, 6.45) is 3.77. The minimum Gasteiger partial charge on any atom is -0.320 e. The summed E-state index contributed by atoms with van der Waals surface area (Å²) in [7, 11) is 0. The fourth-order valence-corrected chi connectivity index (χ4v) is 3.03. The molecule has 0 aliphatic rings. The van der Waals surface area contributed by atoms with Crippen LogP contribution < -0.4 is 5.73 Å². The molecule has 0 aliphatic heterocycles. The van der Waals surface area contributed by atoms with E-state index in [1.54, 1.807) is 6.20 Å². The van der Waals surface area contributed by atoms with Crippen LogP contribution in [-0.2, 0) is 6.42 Å². The molecular weight excluding hydrogens is 268 g/mol. The van der Waals surface area contributed by atoms with Crippen molar-refractivity contribution in [3.63, 3.8) is 0 Å². The van der Waals surface area contributed by atoms with Gasteiger partial charge in [-0.05, 0) is 41.7 Å². The van der Waals surface area contributed by atoms with Gasteiger partial charge in [0.1, 0.15) is 0 Å². The molecule has 0 spiro atoms. The molecule has 4 nitrogen and oxygen atoms in total. The van der Waals surface area contributed by atoms with E-state index >= 15 is 0 Å². The van der Waals surface area contributed by atoms with Gasteiger partial charge in [0, 0.05) is 11.6 Å². The van der Waals surface area contributed by atoms with E-state index < -0.39 is 0 Å². The van der Waals surface area contributed by atoms with Crippen LogP contribution in [0.1, 0.15) is 35.5 Å². The van der Waals surface area contributed by atoms with Gasteiger partial charge in [-0.15, -0.1) is 5.10 Å². The maximum atomic E-state index is 6.39. The first-order valence-electron chi connectivity index (χ1n) is 6.71. The first kappa shape index (κ1) is 13.1. The van der Waals surface area contributed by atoms with Gasteiger partial charge in [0.2, 0.25) is 0 Å². The van der Waals surface area contributed by atoms with Gasteiger partial charge in [-0.3, -0.25) is 4.98 Å². The molecule has 3 rings (SSSR count). The van der Waals surface area contributed by atoms with Gasteiger partial charge in [-0.25, -0.2) is 0 Å². The first-order chi connectivity index (χ1) is 9.79. The molecule has 5 heteroatoms. The largest absolute Gasteiger partial charge is 0.320 e. The third-order valence-corrected chi connectivity index (χ3v) is 4.19. The van der Waals surface area contributed by atoms with E-state index in [1.165, 1.54) is 11.5 Å². The molecule has 0 aliphatic carbocycles. The van der Waals surface area contributed by atoms with Gasteiger partial charge in [0.15, 0.2) is 0 Å². The SMILES string of the molecule is CCCc1nnsc1C(N)c1ccc2ncccc2c1. The quantitative estimate of drug-likeness (QED) is 0.799. The number of nitrogens with two attached hydrogens (primary N) is 1. The summed E-state index contributed by atoms with van der Waals surface area (Å²) in [4.78, 5) is 5.39. The molecule has 2 N–H and O–H groups in total. The van der Waals surface area contributed by atoms with E-state index in [0.29, 0.717) is 0 Å². The molecule has 0 saturated carbocycles. The van der Waals surface area contributed by atoms with E-state index in [1.807, 2.05) is 18.2 Å². The molecule has 2 aromatic heterocycles. The average molecular weight is 284 g/mol. The van der Waals surface area contributed by atoms with Crippen molar-refractivity contribution in [3.05, 3.63) is 52.7 Å². The van der Waals surface area contributed by atoms with E-state index in [9.17, 15) is 0 Å². The Labute approximate surface area is 121 Å². The summed E-state index contributed by atoms with van der Waals surface area (Å²) in [5.41, 5.74) is 9.48. The van der Waals surface area contributed by atoms with Crippen LogP contribution in [0, 0.1) is 0 Å². The lowest BCUT2D eigenvalue weighted by atomic mass is 10.0. The van der Waals surface area contributed by atoms with Gasteiger partial charge in [0.05, 0.1) is 22.1 Å². The predicted octanol–water partition coefficient (Wildman–Crippen LogP) is 3.09. The zero-order chi connectivity index (χ0) is 13.9. The van der Waals surface area contributed by atoms with Crippen LogP contribution in [0.25, 0.3) is 10.9 Å². The zero-order valence-corrected chi connectivity index (χ0v) is 12.1. The van der Waals surface area contributed by atoms with Gasteiger partial charge in [-0.1, -0.05) is 30.0 Å². The normalized spacial score (nSPS) is 12.7. The number of rotatable bonds is 4. The third-order valence-electron chi connectivity index (χ3n) is 3.34. The Bertz CT molecular complexity index is 722. The van der Waals surface area contributed by atoms with Crippen LogP contribution in [-0.4, -0.2) is 14.6 Å². The molecule has 0 bridgehead atoms. The Hall–Kier alpha value is -1.85. The van der Waals surface area contributed by atoms with Crippen LogP contribution in [0.3, 0.4) is 0 Å². The van der Waals surface area contributed by atoms with Crippen LogP contribution >= 0.6 is 11.5 Å². The number of aromatic nitrogens is 3. The number of hydrogen-bond acceptors (Lipinski definition) is 5. The number of fused-ring (bicyclic) bond motifs is 1. The van der Waals surface area contributed by atoms with Crippen molar-refractivity contribution in [1.82, 2.24) is 14.6 Å². The smallest absolute Gasteiger partial charge is 0.0807 e. The molecule has 20 heavy (non-hydrogen) atoms. The molecule has 0 radical (unpaired) electrons. The number of aryl methyl sites for hydroxylation is 1. The molecule has 0 amide bonds. The van der Waals surface area contributed by atoms with Gasteiger partial charge >= 0.3 is 0 Å². The minimum atomic E-state index is -0.166. The van der Waals surface area contributed by atoms with Crippen molar-refractivity contribution in [2.45, 2.75) is 25.8 Å². The fraction of sp³-hybridized carbons (Fsp3) is 0.267. The monoisotopic (exact) mass is 284 g/mol. The maximum Gasteiger partial charge on any atom is 0.0807 e. The van der Waals surface area contributed by atoms with Crippen molar-refractivity contribution < 1.29 is 0 Å². The molecule has 0 fully saturated rings. The third kappa shape index (κ3) is 2.42. The van der Waals surface area contributed by atoms with Gasteiger partial charge in [-0.2, -0.15) is 0 Å². The van der Waals surface area contributed by atoms with Crippen LogP contribution in [0.2, 0.25) is 0 Å². The Kier molecular flexibility index (Phi) is 3.71. The molecular formula is C15H16N4S. The lowest BCUT2D eigenvalue weighted by Crippen LogP contribution is -2.12. The minimum absolute atomic E-state index is 0.166. The maximum absolute atomic E-state index is 6.39. The summed E-state index contributed by atoms with van der Waals surface area (Å²) in [6, 6.07) is 9.97. The summed E-state index contributed by atoms with van der Waals surface area (Å²) < 4.78 is 4.05. The van der Waals surface area contributed by atoms with E-state index in [4.69, 9.17) is 5.73 Å². The van der Waals surface area contributed by atoms with Crippen LogP contribution in [0.15, 0.2) is 36.5 Å². The van der Waals surface area contributed by atoms with E-state index in [-0.39, 0.29) is 6.04 Å². The van der Waals surface area contributed by atoms with Crippen molar-refractivity contribution in [3.8, 4) is 0 Å². The van der Waals surface area contributed by atoms with Gasteiger partial charge in [0.25, 0.3) is 0 Å². The van der Waals surface area contributed by atoms with E-state index in [0.717, 1.165) is 39.9 Å². The second kappa shape index (κ2) is 5.64. The standard InChI is InChI=1S/C15H16N4S/c1-2-4-13-15(20-19-18-13)14(16)11-6-7-12-10(9-11)5-3-8-17-12/h3,5-9,14H,2,4,16H2,1H3. The molecule has 1 aromatic carbocycles. The van der Waals surface area contributed by atoms with Crippen LogP contribution in [0.4, 0.5) is 0 Å². The Balaban J connectivity index is 1.99. The van der Waals surface area contributed by atoms with Crippen molar-refractivity contribution in [1.29, 1.82) is 0 Å². The highest BCUT2D eigenvalue weighted by Gasteiger charge is 2.17. The van der Waals surface area contributed by atoms with Crippen molar-refractivity contribution >= 4 is 22.4 Å². The number of nitrogens with zero attached hydrogens (tertiary/aromatic N) is 3. The average Bonchev–Trinajstić information content (AvgIpc) is 2.94. The first-order valence-corrected chi connectivity index (χ1v) is 7.48. The summed E-state index contributed by atoms with van der Waals surface area (Å²) in [6.45, 7) is 2.14. The summed E-state index contributed by atoms with van der Waals surface area (Å²) in [5, 5.41) is 5.30. The molecule has 2 heterocycles. The highest BCUT2D eigenvalue weighted by molar-refractivity contribution is 7.05. The lowest BCUT2D eigenvalue weighted by molar-refractivity contribution is 0.814. The summed E-state index contributed by atoms with van der Waals surface area (Å²) >= 11 is 1.40. The predicted molar refractivity (Wildman–Crippen MR) is 81.7 cm³/mol. The molecule has 0 saturated heterocycles. The highest BCUT2D eigenvalue weighted by atomic mass is 32.1. The number of pyridine rings is 1. The molecule has 3 aromatic rings. The number of hydrogen-bond donors (Lipinski definition) is 1. The highest BCUT2D eigenvalue weighted by Crippen LogP contribution is 2.27.